The fourth-order valence-electron chi connectivity index (χ4n) is 2.22. The van der Waals surface area contributed by atoms with Crippen LogP contribution in [0.25, 0.3) is 0 Å². The molecule has 0 unspecified atom stereocenters. The van der Waals surface area contributed by atoms with Crippen LogP contribution in [0.5, 0.6) is 0 Å². The molecule has 1 aromatic carbocycles. The minimum atomic E-state index is -0.905. The summed E-state index contributed by atoms with van der Waals surface area (Å²) in [4.78, 5) is 42.0. The van der Waals surface area contributed by atoms with Gasteiger partial charge in [0.05, 0.1) is 12.3 Å². The third-order valence-corrected chi connectivity index (χ3v) is 4.32. The molecule has 0 fully saturated rings. The Morgan fingerprint density at radius 2 is 2.00 bits per heavy atom. The summed E-state index contributed by atoms with van der Waals surface area (Å²) >= 11 is 1.94. The first-order valence-corrected chi connectivity index (χ1v) is 8.91. The predicted octanol–water partition coefficient (Wildman–Crippen LogP) is 0.615. The molecule has 0 saturated heterocycles. The van der Waals surface area contributed by atoms with Gasteiger partial charge < -0.3 is 10.4 Å². The maximum atomic E-state index is 14.2. The summed E-state index contributed by atoms with van der Waals surface area (Å²) in [5.74, 6) is -1.69. The van der Waals surface area contributed by atoms with Gasteiger partial charge in [-0.05, 0) is 47.2 Å². The molecule has 27 heavy (non-hydrogen) atoms. The summed E-state index contributed by atoms with van der Waals surface area (Å²) in [5.41, 5.74) is 0.109. The highest BCUT2D eigenvalue weighted by Gasteiger charge is 2.23. The molecule has 1 aromatic heterocycles. The number of aliphatic hydroxyl groups excluding tert-OH is 1. The number of hydrogen-bond acceptors (Lipinski definition) is 6. The van der Waals surface area contributed by atoms with E-state index >= 15 is 0 Å². The molecule has 0 spiro atoms. The van der Waals surface area contributed by atoms with Crippen LogP contribution in [0.1, 0.15) is 16.8 Å². The SMILES string of the molecule is Cn1c(Nc2ccc(I)cc2F)c(C(=O)NOCCCO)c(=O)n(C)c1=O. The van der Waals surface area contributed by atoms with Crippen LogP contribution in [0.4, 0.5) is 15.9 Å². The number of hydroxylamine groups is 1. The number of aliphatic hydroxyl groups is 1. The fraction of sp³-hybridized carbons (Fsp3) is 0.312. The lowest BCUT2D eigenvalue weighted by atomic mass is 10.2. The Bertz CT molecular complexity index is 973. The lowest BCUT2D eigenvalue weighted by molar-refractivity contribution is 0.0260. The molecular weight excluding hydrogens is 474 g/mol. The van der Waals surface area contributed by atoms with Gasteiger partial charge in [-0.1, -0.05) is 0 Å². The van der Waals surface area contributed by atoms with Crippen molar-refractivity contribution < 1.29 is 19.1 Å². The Balaban J connectivity index is 2.50. The first-order valence-electron chi connectivity index (χ1n) is 7.83. The zero-order valence-corrected chi connectivity index (χ0v) is 16.7. The van der Waals surface area contributed by atoms with E-state index in [2.05, 4.69) is 10.8 Å². The second kappa shape index (κ2) is 9.10. The Kier molecular flexibility index (Phi) is 7.10. The smallest absolute Gasteiger partial charge is 0.332 e. The summed E-state index contributed by atoms with van der Waals surface area (Å²) in [5, 5.41) is 11.4. The van der Waals surface area contributed by atoms with Crippen LogP contribution in [-0.4, -0.2) is 33.4 Å². The number of rotatable bonds is 7. The van der Waals surface area contributed by atoms with E-state index in [-0.39, 0.29) is 31.1 Å². The van der Waals surface area contributed by atoms with Crippen molar-refractivity contribution in [3.8, 4) is 0 Å². The average Bonchev–Trinajstić information content (AvgIpc) is 2.63. The van der Waals surface area contributed by atoms with Crippen LogP contribution in [0, 0.1) is 9.39 Å². The van der Waals surface area contributed by atoms with Gasteiger partial charge in [0.1, 0.15) is 17.2 Å². The molecule has 0 radical (unpaired) electrons. The number of aromatic nitrogens is 2. The molecule has 1 heterocycles. The van der Waals surface area contributed by atoms with Gasteiger partial charge in [-0.2, -0.15) is 0 Å². The van der Waals surface area contributed by atoms with Crippen LogP contribution in [0.2, 0.25) is 0 Å². The Hall–Kier alpha value is -2.25. The van der Waals surface area contributed by atoms with Gasteiger partial charge in [0.2, 0.25) is 0 Å². The first-order chi connectivity index (χ1) is 12.8. The molecule has 0 bridgehead atoms. The van der Waals surface area contributed by atoms with E-state index in [0.29, 0.717) is 3.57 Å². The van der Waals surface area contributed by atoms with E-state index in [0.717, 1.165) is 9.13 Å². The molecule has 9 nitrogen and oxygen atoms in total. The Morgan fingerprint density at radius 1 is 1.30 bits per heavy atom. The topological polar surface area (TPSA) is 115 Å². The van der Waals surface area contributed by atoms with E-state index in [1.807, 2.05) is 22.6 Å². The van der Waals surface area contributed by atoms with Crippen molar-refractivity contribution in [2.24, 2.45) is 14.1 Å². The van der Waals surface area contributed by atoms with Crippen molar-refractivity contribution in [2.75, 3.05) is 18.5 Å². The maximum Gasteiger partial charge on any atom is 0.332 e. The molecule has 0 saturated carbocycles. The molecule has 3 N–H and O–H groups in total. The highest BCUT2D eigenvalue weighted by Crippen LogP contribution is 2.22. The molecule has 0 atom stereocenters. The van der Waals surface area contributed by atoms with Gasteiger partial charge in [0.25, 0.3) is 11.5 Å². The predicted molar refractivity (Wildman–Crippen MR) is 104 cm³/mol. The largest absolute Gasteiger partial charge is 0.396 e. The Morgan fingerprint density at radius 3 is 2.63 bits per heavy atom. The lowest BCUT2D eigenvalue weighted by Gasteiger charge is -2.17. The van der Waals surface area contributed by atoms with Crippen LogP contribution >= 0.6 is 22.6 Å². The van der Waals surface area contributed by atoms with Crippen molar-refractivity contribution in [3.63, 3.8) is 0 Å². The molecule has 0 aliphatic rings. The molecule has 146 valence electrons. The molecule has 0 aliphatic carbocycles. The number of carbonyl (C=O) groups excluding carboxylic acids is 1. The summed E-state index contributed by atoms with van der Waals surface area (Å²) in [6.07, 6.45) is 0.282. The number of nitrogens with one attached hydrogen (secondary N) is 2. The number of anilines is 2. The summed E-state index contributed by atoms with van der Waals surface area (Å²) in [7, 11) is 2.57. The van der Waals surface area contributed by atoms with E-state index in [4.69, 9.17) is 9.94 Å². The number of carbonyl (C=O) groups is 1. The quantitative estimate of drug-likeness (QED) is 0.297. The molecular formula is C16H18FIN4O5. The highest BCUT2D eigenvalue weighted by molar-refractivity contribution is 14.1. The minimum absolute atomic E-state index is 0.00563. The molecule has 2 aromatic rings. The lowest BCUT2D eigenvalue weighted by Crippen LogP contribution is -2.43. The van der Waals surface area contributed by atoms with E-state index < -0.39 is 28.5 Å². The fourth-order valence-corrected chi connectivity index (χ4v) is 2.67. The monoisotopic (exact) mass is 492 g/mol. The second-order valence-corrected chi connectivity index (χ2v) is 6.78. The van der Waals surface area contributed by atoms with Crippen molar-refractivity contribution in [1.29, 1.82) is 0 Å². The van der Waals surface area contributed by atoms with Gasteiger partial charge in [-0.3, -0.25) is 23.6 Å². The molecule has 2 rings (SSSR count). The summed E-state index contributed by atoms with van der Waals surface area (Å²) in [6.45, 7) is -0.0980. The van der Waals surface area contributed by atoms with Gasteiger partial charge in [-0.15, -0.1) is 0 Å². The molecule has 0 aliphatic heterocycles. The maximum absolute atomic E-state index is 14.2. The minimum Gasteiger partial charge on any atom is -0.396 e. The van der Waals surface area contributed by atoms with Crippen molar-refractivity contribution in [2.45, 2.75) is 6.42 Å². The van der Waals surface area contributed by atoms with Crippen molar-refractivity contribution in [1.82, 2.24) is 14.6 Å². The molecule has 11 heteroatoms. The van der Waals surface area contributed by atoms with Crippen LogP contribution in [-0.2, 0) is 18.9 Å². The van der Waals surface area contributed by atoms with Crippen LogP contribution in [0.15, 0.2) is 27.8 Å². The van der Waals surface area contributed by atoms with Gasteiger partial charge >= 0.3 is 5.69 Å². The summed E-state index contributed by atoms with van der Waals surface area (Å²) < 4.78 is 16.6. The van der Waals surface area contributed by atoms with Crippen molar-refractivity contribution >= 4 is 40.0 Å². The molecule has 1 amide bonds. The van der Waals surface area contributed by atoms with Crippen molar-refractivity contribution in [3.05, 3.63) is 54.0 Å². The number of amides is 1. The highest BCUT2D eigenvalue weighted by atomic mass is 127. The average molecular weight is 492 g/mol. The first kappa shape index (κ1) is 21.1. The zero-order valence-electron chi connectivity index (χ0n) is 14.6. The van der Waals surface area contributed by atoms with E-state index in [1.54, 1.807) is 6.07 Å². The van der Waals surface area contributed by atoms with Gasteiger partial charge in [0, 0.05) is 24.3 Å². The number of nitrogens with zero attached hydrogens (tertiary/aromatic N) is 2. The number of halogens is 2. The van der Waals surface area contributed by atoms with E-state index in [9.17, 15) is 18.8 Å². The normalized spacial score (nSPS) is 10.7. The van der Waals surface area contributed by atoms with Crippen LogP contribution < -0.4 is 22.0 Å². The standard InChI is InChI=1S/C16H18FIN4O5/c1-21-13(19-11-5-4-9(18)8-10(11)17)12(15(25)22(2)16(21)26)14(24)20-27-7-3-6-23/h4-5,8,19,23H,3,6-7H2,1-2H3,(H,20,24). The number of hydrogen-bond donors (Lipinski definition) is 3. The summed E-state index contributed by atoms with van der Waals surface area (Å²) in [6, 6.07) is 4.32. The van der Waals surface area contributed by atoms with Gasteiger partial charge in [0.15, 0.2) is 0 Å². The zero-order chi connectivity index (χ0) is 20.1. The van der Waals surface area contributed by atoms with Crippen LogP contribution in [0.3, 0.4) is 0 Å². The third kappa shape index (κ3) is 4.73. The second-order valence-electron chi connectivity index (χ2n) is 5.54. The van der Waals surface area contributed by atoms with E-state index in [1.165, 1.54) is 26.2 Å². The number of benzene rings is 1. The Labute approximate surface area is 166 Å². The third-order valence-electron chi connectivity index (χ3n) is 3.65. The van der Waals surface area contributed by atoms with Gasteiger partial charge in [-0.25, -0.2) is 14.7 Å².